The Morgan fingerprint density at radius 3 is 1.37 bits per heavy atom. The van der Waals surface area contributed by atoms with Crippen LogP contribution in [0.25, 0.3) is 43.9 Å². The summed E-state index contributed by atoms with van der Waals surface area (Å²) in [5.41, 5.74) is 6.05. The fourth-order valence-corrected chi connectivity index (χ4v) is 13.2. The van der Waals surface area contributed by atoms with E-state index in [-0.39, 0.29) is 12.1 Å². The van der Waals surface area contributed by atoms with Gasteiger partial charge in [-0.2, -0.15) is 0 Å². The van der Waals surface area contributed by atoms with Gasteiger partial charge in [-0.15, -0.1) is 0 Å². The summed E-state index contributed by atoms with van der Waals surface area (Å²) in [5.74, 6) is 5.22. The summed E-state index contributed by atoms with van der Waals surface area (Å²) in [6.45, 7) is 8.53. The normalized spacial score (nSPS) is 20.3. The van der Waals surface area contributed by atoms with Gasteiger partial charge in [-0.25, -0.2) is 19.9 Å². The van der Waals surface area contributed by atoms with Gasteiger partial charge < -0.3 is 38.7 Å². The SMILES string of the molecule is COc1ccc(OCC2CCCN(C(CC3CCN(c4cc[nH]c5cnc6nccc6c45)CC3)C(=O)C(CC3CCN(c4cc[nH]c5cnc6nccc6c45)CC3)N3CCCC(COc4ccc(OC)cc4)C3)C2)cc1. The van der Waals surface area contributed by atoms with E-state index in [4.69, 9.17) is 18.9 Å². The van der Waals surface area contributed by atoms with Gasteiger partial charge in [-0.05, 0) is 162 Å². The number of methoxy groups -OCH3 is 2. The van der Waals surface area contributed by atoms with Gasteiger partial charge in [0.2, 0.25) is 0 Å². The van der Waals surface area contributed by atoms with Crippen molar-refractivity contribution in [2.75, 3.05) is 89.6 Å². The Labute approximate surface area is 445 Å². The molecule has 0 amide bonds. The number of nitrogens with zero attached hydrogens (tertiary/aromatic N) is 8. The molecule has 4 fully saturated rings. The summed E-state index contributed by atoms with van der Waals surface area (Å²) in [5, 5.41) is 4.53. The maximum Gasteiger partial charge on any atom is 0.167 e. The van der Waals surface area contributed by atoms with Crippen molar-refractivity contribution in [1.82, 2.24) is 39.7 Å². The number of aromatic nitrogens is 6. The molecule has 0 saturated carbocycles. The number of likely N-dealkylation sites (tertiary alicyclic amines) is 2. The van der Waals surface area contributed by atoms with Crippen molar-refractivity contribution in [1.29, 1.82) is 0 Å². The number of pyridine rings is 4. The molecule has 396 valence electrons. The third-order valence-electron chi connectivity index (χ3n) is 17.3. The second kappa shape index (κ2) is 22.7. The van der Waals surface area contributed by atoms with E-state index in [0.717, 1.165) is 173 Å². The molecule has 0 aliphatic carbocycles. The van der Waals surface area contributed by atoms with E-state index in [1.807, 2.05) is 85.7 Å². The monoisotopic (exact) mass is 1020 g/mol. The van der Waals surface area contributed by atoms with Gasteiger partial charge in [0.25, 0.3) is 0 Å². The number of rotatable bonds is 18. The molecule has 4 saturated heterocycles. The number of piperidine rings is 4. The lowest BCUT2D eigenvalue weighted by Crippen LogP contribution is -2.57. The van der Waals surface area contributed by atoms with Crippen LogP contribution in [0.4, 0.5) is 11.4 Å². The molecule has 15 heteroatoms. The van der Waals surface area contributed by atoms with Crippen LogP contribution in [0.2, 0.25) is 0 Å². The van der Waals surface area contributed by atoms with Crippen LogP contribution in [-0.2, 0) is 4.79 Å². The van der Waals surface area contributed by atoms with E-state index in [2.05, 4.69) is 73.8 Å². The van der Waals surface area contributed by atoms with Crippen molar-refractivity contribution >= 4 is 61.0 Å². The predicted molar refractivity (Wildman–Crippen MR) is 300 cm³/mol. The summed E-state index contributed by atoms with van der Waals surface area (Å²) >= 11 is 0. The molecule has 4 atom stereocenters. The van der Waals surface area contributed by atoms with Gasteiger partial charge in [0.1, 0.15) is 23.0 Å². The van der Waals surface area contributed by atoms with Crippen molar-refractivity contribution in [3.05, 3.63) is 110 Å². The molecule has 8 aromatic rings. The number of fused-ring (bicyclic) bond motifs is 6. The van der Waals surface area contributed by atoms with E-state index in [1.165, 1.54) is 22.1 Å². The highest BCUT2D eigenvalue weighted by atomic mass is 16.5. The van der Waals surface area contributed by atoms with Crippen molar-refractivity contribution in [2.45, 2.75) is 76.3 Å². The summed E-state index contributed by atoms with van der Waals surface area (Å²) in [6, 6.07) is 24.0. The molecule has 0 radical (unpaired) electrons. The van der Waals surface area contributed by atoms with Crippen LogP contribution in [0, 0.1) is 23.7 Å². The fraction of sp³-hybridized carbons (Fsp3) is 0.459. The molecule has 15 nitrogen and oxygen atoms in total. The highest BCUT2D eigenvalue weighted by molar-refractivity contribution is 6.11. The molecule has 4 unspecified atom stereocenters. The van der Waals surface area contributed by atoms with Crippen molar-refractivity contribution < 1.29 is 23.7 Å². The Balaban J connectivity index is 0.808. The number of ketones is 1. The Kier molecular flexibility index (Phi) is 14.9. The first-order valence-electron chi connectivity index (χ1n) is 27.9. The quantitative estimate of drug-likeness (QED) is 0.0840. The second-order valence-electron chi connectivity index (χ2n) is 21.9. The standard InChI is InChI=1S/C61H72N10O5/c1-73-45-7-11-47(12-8-45)75-39-43-5-3-27-70(37-43)55(33-41-19-29-68(30-20-41)53-17-25-62-51-35-66-60-49(57(51)53)15-23-64-60)59(72)56(71-28-4-6-44(38-71)40-76-48-13-9-46(74-2)10-14-48)34-42-21-31-69(32-22-42)54-18-26-63-52-36-67-61-50(58(52)54)16-24-65-61/h7-18,23-26,35-36,41-44,55-56,62-63H,3-6,19-22,27-34,37-40H2,1-2H3. The molecular formula is C61H72N10O5. The topological polar surface area (TPSA) is 150 Å². The lowest BCUT2D eigenvalue weighted by Gasteiger charge is -2.45. The number of carbonyl (C=O) groups is 1. The Bertz CT molecular complexity index is 3010. The first-order valence-corrected chi connectivity index (χ1v) is 27.9. The first kappa shape index (κ1) is 49.9. The van der Waals surface area contributed by atoms with E-state index in [1.54, 1.807) is 14.2 Å². The Morgan fingerprint density at radius 2 is 0.947 bits per heavy atom. The maximum atomic E-state index is 16.3. The number of benzene rings is 2. The van der Waals surface area contributed by atoms with E-state index < -0.39 is 0 Å². The molecular weight excluding hydrogens is 953 g/mol. The highest BCUT2D eigenvalue weighted by Gasteiger charge is 2.41. The van der Waals surface area contributed by atoms with Gasteiger partial charge in [0.15, 0.2) is 17.1 Å². The number of carbonyl (C=O) groups excluding carboxylic acids is 1. The minimum Gasteiger partial charge on any atom is -0.497 e. The zero-order valence-corrected chi connectivity index (χ0v) is 44.1. The molecule has 10 heterocycles. The molecule has 2 aromatic carbocycles. The molecule has 4 aliphatic rings. The zero-order valence-electron chi connectivity index (χ0n) is 44.1. The van der Waals surface area contributed by atoms with Crippen LogP contribution < -0.4 is 28.7 Å². The van der Waals surface area contributed by atoms with Gasteiger partial charge >= 0.3 is 0 Å². The average molecular weight is 1030 g/mol. The highest BCUT2D eigenvalue weighted by Crippen LogP contribution is 2.39. The van der Waals surface area contributed by atoms with Crippen LogP contribution in [0.3, 0.4) is 0 Å². The number of H-pyrrole nitrogens is 2. The van der Waals surface area contributed by atoms with Crippen molar-refractivity contribution in [3.8, 4) is 23.0 Å². The fourth-order valence-electron chi connectivity index (χ4n) is 13.2. The molecule has 4 aliphatic heterocycles. The lowest BCUT2D eigenvalue weighted by atomic mass is 9.81. The van der Waals surface area contributed by atoms with E-state index in [0.29, 0.717) is 42.7 Å². The summed E-state index contributed by atoms with van der Waals surface area (Å²) < 4.78 is 23.8. The second-order valence-corrected chi connectivity index (χ2v) is 21.9. The first-order chi connectivity index (χ1) is 37.4. The van der Waals surface area contributed by atoms with Crippen LogP contribution in [0.15, 0.2) is 110 Å². The number of nitrogens with one attached hydrogen (secondary N) is 2. The number of hydrogen-bond acceptors (Lipinski definition) is 13. The van der Waals surface area contributed by atoms with Gasteiger partial charge in [-0.3, -0.25) is 14.6 Å². The Morgan fingerprint density at radius 1 is 0.526 bits per heavy atom. The summed E-state index contributed by atoms with van der Waals surface area (Å²) in [6.07, 6.45) is 21.7. The lowest BCUT2D eigenvalue weighted by molar-refractivity contribution is -0.133. The van der Waals surface area contributed by atoms with Gasteiger partial charge in [0.05, 0.1) is 62.9 Å². The minimum absolute atomic E-state index is 0.185. The molecule has 76 heavy (non-hydrogen) atoms. The molecule has 6 aromatic heterocycles. The molecule has 0 spiro atoms. The van der Waals surface area contributed by atoms with Crippen LogP contribution in [0.5, 0.6) is 23.0 Å². The molecule has 2 N–H and O–H groups in total. The third-order valence-corrected chi connectivity index (χ3v) is 17.3. The van der Waals surface area contributed by atoms with Gasteiger partial charge in [-0.1, -0.05) is 0 Å². The smallest absolute Gasteiger partial charge is 0.167 e. The van der Waals surface area contributed by atoms with Crippen LogP contribution in [-0.4, -0.2) is 137 Å². The number of hydrogen-bond donors (Lipinski definition) is 2. The van der Waals surface area contributed by atoms with E-state index >= 15 is 4.79 Å². The van der Waals surface area contributed by atoms with Crippen molar-refractivity contribution in [2.24, 2.45) is 23.7 Å². The Hall–Kier alpha value is -6.97. The number of ether oxygens (including phenoxy) is 4. The minimum atomic E-state index is -0.185. The van der Waals surface area contributed by atoms with Crippen molar-refractivity contribution in [3.63, 3.8) is 0 Å². The summed E-state index contributed by atoms with van der Waals surface area (Å²) in [4.78, 5) is 51.8. The molecule has 12 rings (SSSR count). The molecule has 0 bridgehead atoms. The zero-order chi connectivity index (χ0) is 51.4. The van der Waals surface area contributed by atoms with Crippen LogP contribution >= 0.6 is 0 Å². The number of anilines is 2. The maximum absolute atomic E-state index is 16.3. The van der Waals surface area contributed by atoms with Gasteiger partial charge in [0, 0.05) is 109 Å². The van der Waals surface area contributed by atoms with Crippen LogP contribution in [0.1, 0.15) is 64.2 Å². The average Bonchev–Trinajstić information content (AvgIpc) is 4.22. The predicted octanol–water partition coefficient (Wildman–Crippen LogP) is 10.4. The number of Topliss-reactive ketones (excluding diaryl/α,β-unsaturated/α-hetero) is 1. The van der Waals surface area contributed by atoms with E-state index in [9.17, 15) is 0 Å². The third kappa shape index (κ3) is 10.7. The summed E-state index contributed by atoms with van der Waals surface area (Å²) in [7, 11) is 3.38. The number of aromatic amines is 2. The largest absolute Gasteiger partial charge is 0.497 e.